The molecule has 0 spiro atoms. The Hall–Kier alpha value is -6.66. The molecule has 69 heavy (non-hydrogen) atoms. The number of aromatic hydroxyl groups is 1. The summed E-state index contributed by atoms with van der Waals surface area (Å²) in [7, 11) is 0. The lowest BCUT2D eigenvalue weighted by Crippen LogP contribution is -2.62. The van der Waals surface area contributed by atoms with Gasteiger partial charge in [-0.2, -0.15) is 0 Å². The van der Waals surface area contributed by atoms with Gasteiger partial charge in [-0.15, -0.1) is 0 Å². The van der Waals surface area contributed by atoms with Crippen LogP contribution in [0, 0.1) is 17.8 Å². The summed E-state index contributed by atoms with van der Waals surface area (Å²) < 4.78 is 0. The maximum Gasteiger partial charge on any atom is 0.326 e. The average molecular weight is 975 g/mol. The number of imidazole rings is 1. The third-order valence-corrected chi connectivity index (χ3v) is 10.8. The van der Waals surface area contributed by atoms with E-state index in [1.54, 1.807) is 41.5 Å². The van der Waals surface area contributed by atoms with E-state index in [2.05, 4.69) is 52.5 Å². The molecule has 1 heterocycles. The number of phenolic OH excluding ortho intramolecular Hbond substituents is 1. The van der Waals surface area contributed by atoms with Crippen molar-refractivity contribution < 1.29 is 68.7 Å². The van der Waals surface area contributed by atoms with E-state index in [-0.39, 0.29) is 43.3 Å². The minimum absolute atomic E-state index is 0.00813. The highest BCUT2D eigenvalue weighted by atomic mass is 16.4. The van der Waals surface area contributed by atoms with E-state index in [1.807, 2.05) is 0 Å². The fourth-order valence-corrected chi connectivity index (χ4v) is 6.89. The Labute approximate surface area is 400 Å². The number of carboxylic acid groups (broad SMARTS) is 1. The Bertz CT molecular complexity index is 2030. The SMILES string of the molecule is CC[C@H](C)[C@H](NC(=O)[C@H](CC(C)C)NC(=O)[C@H](CO)NC(=O)[C@@H](NC(=O)[C@H](Cc1ccc(O)cc1)NC(C)=O)[C@@H](C)O)C(=O)N[C@@H](Cc1cnc[nH]1)C(=O)N[C@@H](CO)C(=O)N[C@@H](CC(C)C)C(=O)O. The first-order valence-electron chi connectivity index (χ1n) is 22.7. The molecule has 24 nitrogen and oxygen atoms in total. The molecule has 0 fully saturated rings. The van der Waals surface area contributed by atoms with E-state index in [0.29, 0.717) is 17.7 Å². The van der Waals surface area contributed by atoms with E-state index in [0.717, 1.165) is 0 Å². The first-order valence-corrected chi connectivity index (χ1v) is 22.7. The van der Waals surface area contributed by atoms with Crippen LogP contribution in [0.1, 0.15) is 85.9 Å². The van der Waals surface area contributed by atoms with Crippen molar-refractivity contribution in [2.75, 3.05) is 13.2 Å². The van der Waals surface area contributed by atoms with Gasteiger partial charge in [-0.05, 0) is 55.2 Å². The predicted molar refractivity (Wildman–Crippen MR) is 247 cm³/mol. The average Bonchev–Trinajstić information content (AvgIpc) is 3.80. The van der Waals surface area contributed by atoms with Crippen LogP contribution in [-0.4, -0.2) is 156 Å². The predicted octanol–water partition coefficient (Wildman–Crippen LogP) is -2.61. The molecule has 0 unspecified atom stereocenters. The minimum atomic E-state index is -1.73. The Kier molecular flexibility index (Phi) is 24.2. The van der Waals surface area contributed by atoms with Gasteiger partial charge in [-0.1, -0.05) is 60.1 Å². The van der Waals surface area contributed by atoms with E-state index in [1.165, 1.54) is 50.6 Å². The molecule has 0 bridgehead atoms. The normalized spacial score (nSPS) is 15.6. The molecule has 0 aliphatic rings. The number of hydrogen-bond acceptors (Lipinski definition) is 14. The number of hydrogen-bond donors (Lipinski definition) is 14. The van der Waals surface area contributed by atoms with Gasteiger partial charge in [0.25, 0.3) is 0 Å². The van der Waals surface area contributed by atoms with Gasteiger partial charge >= 0.3 is 5.97 Å². The van der Waals surface area contributed by atoms with E-state index in [4.69, 9.17) is 0 Å². The molecule has 14 N–H and O–H groups in total. The summed E-state index contributed by atoms with van der Waals surface area (Å²) in [5.41, 5.74) is 0.913. The quantitative estimate of drug-likeness (QED) is 0.0397. The molecule has 2 aromatic rings. The third kappa shape index (κ3) is 19.8. The van der Waals surface area contributed by atoms with Gasteiger partial charge in [0.05, 0.1) is 25.6 Å². The number of aliphatic hydroxyl groups excluding tert-OH is 3. The van der Waals surface area contributed by atoms with Gasteiger partial charge in [-0.25, -0.2) is 9.78 Å². The van der Waals surface area contributed by atoms with Crippen LogP contribution in [0.4, 0.5) is 0 Å². The smallest absolute Gasteiger partial charge is 0.326 e. The van der Waals surface area contributed by atoms with Crippen LogP contribution in [0.25, 0.3) is 0 Å². The maximum absolute atomic E-state index is 14.1. The standard InChI is InChI=1S/C45H70N10O14/c1-9-24(6)36(43(66)50-32(17-28-18-46-21-47-28)38(61)52-34(19-56)42(65)51-33(45(68)69)15-23(4)5)54-39(62)30(14-22(2)3)49-41(64)35(20-57)53-44(67)37(25(7)58)55-40(63)31(48-26(8)59)16-27-10-12-29(60)13-11-27/h10-13,18,21-25,30-37,56-58,60H,9,14-17,19-20H2,1-8H3,(H,46,47)(H,48,59)(H,49,64)(H,50,66)(H,51,65)(H,52,61)(H,53,67)(H,54,62)(H,55,63)(H,68,69)/t24-,25+,30-,31-,32-,33-,34-,35-,36-,37-/m0/s1. The van der Waals surface area contributed by atoms with Crippen molar-refractivity contribution in [2.45, 2.75) is 142 Å². The van der Waals surface area contributed by atoms with Crippen molar-refractivity contribution >= 4 is 53.2 Å². The zero-order chi connectivity index (χ0) is 52.1. The number of aliphatic hydroxyl groups is 3. The lowest BCUT2D eigenvalue weighted by molar-refractivity contribution is -0.143. The first-order chi connectivity index (χ1) is 32.4. The second-order valence-electron chi connectivity index (χ2n) is 17.8. The molecular formula is C45H70N10O14. The molecule has 1 aromatic heterocycles. The van der Waals surface area contributed by atoms with Crippen molar-refractivity contribution in [1.29, 1.82) is 0 Å². The number of aliphatic carboxylic acids is 1. The summed E-state index contributed by atoms with van der Waals surface area (Å²) >= 11 is 0. The molecule has 384 valence electrons. The molecule has 10 atom stereocenters. The number of benzene rings is 1. The van der Waals surface area contributed by atoms with E-state index < -0.39 is 127 Å². The summed E-state index contributed by atoms with van der Waals surface area (Å²) in [6.07, 6.45) is 1.26. The van der Waals surface area contributed by atoms with Gasteiger partial charge in [0.15, 0.2) is 0 Å². The van der Waals surface area contributed by atoms with Crippen LogP contribution in [-0.2, 0) is 56.0 Å². The molecule has 0 saturated heterocycles. The van der Waals surface area contributed by atoms with Gasteiger partial charge in [-0.3, -0.25) is 38.4 Å². The summed E-state index contributed by atoms with van der Waals surface area (Å²) in [5.74, 6) is -9.56. The number of carbonyl (C=O) groups excluding carboxylic acids is 8. The first kappa shape index (κ1) is 58.5. The summed E-state index contributed by atoms with van der Waals surface area (Å²) in [5, 5.41) is 69.6. The van der Waals surface area contributed by atoms with E-state index in [9.17, 15) is 68.7 Å². The van der Waals surface area contributed by atoms with Crippen LogP contribution in [0.2, 0.25) is 0 Å². The van der Waals surface area contributed by atoms with Gasteiger partial charge in [0.2, 0.25) is 47.3 Å². The van der Waals surface area contributed by atoms with Crippen molar-refractivity contribution in [3.63, 3.8) is 0 Å². The molecule has 0 saturated carbocycles. The van der Waals surface area contributed by atoms with Crippen LogP contribution in [0.15, 0.2) is 36.8 Å². The van der Waals surface area contributed by atoms with Gasteiger partial charge in [0, 0.05) is 31.7 Å². The van der Waals surface area contributed by atoms with Crippen LogP contribution < -0.4 is 42.5 Å². The number of H-pyrrole nitrogens is 1. The van der Waals surface area contributed by atoms with Crippen LogP contribution >= 0.6 is 0 Å². The molecule has 0 aliphatic carbocycles. The Morgan fingerprint density at radius 2 is 1.01 bits per heavy atom. The fraction of sp³-hybridized carbons (Fsp3) is 0.600. The number of nitrogens with one attached hydrogen (secondary N) is 9. The van der Waals surface area contributed by atoms with Crippen LogP contribution in [0.3, 0.4) is 0 Å². The van der Waals surface area contributed by atoms with Crippen molar-refractivity contribution in [2.24, 2.45) is 17.8 Å². The molecular weight excluding hydrogens is 905 g/mol. The van der Waals surface area contributed by atoms with E-state index >= 15 is 0 Å². The topological polar surface area (TPSA) is 380 Å². The van der Waals surface area contributed by atoms with Crippen LogP contribution in [0.5, 0.6) is 5.75 Å². The minimum Gasteiger partial charge on any atom is -0.508 e. The molecule has 1 aromatic carbocycles. The largest absolute Gasteiger partial charge is 0.508 e. The zero-order valence-corrected chi connectivity index (χ0v) is 40.2. The molecule has 2 rings (SSSR count). The van der Waals surface area contributed by atoms with Gasteiger partial charge < -0.3 is 73.1 Å². The molecule has 24 heteroatoms. The van der Waals surface area contributed by atoms with Crippen molar-refractivity contribution in [3.8, 4) is 5.75 Å². The number of nitrogens with zero attached hydrogens (tertiary/aromatic N) is 1. The Morgan fingerprint density at radius 3 is 1.49 bits per heavy atom. The van der Waals surface area contributed by atoms with Gasteiger partial charge in [0.1, 0.15) is 54.1 Å². The number of amides is 8. The third-order valence-electron chi connectivity index (χ3n) is 10.8. The summed E-state index contributed by atoms with van der Waals surface area (Å²) in [6, 6.07) is -5.96. The molecule has 0 aliphatic heterocycles. The maximum atomic E-state index is 14.1. The number of rotatable bonds is 29. The fourth-order valence-electron chi connectivity index (χ4n) is 6.89. The number of aromatic nitrogens is 2. The zero-order valence-electron chi connectivity index (χ0n) is 40.2. The highest BCUT2D eigenvalue weighted by Gasteiger charge is 2.37. The Morgan fingerprint density at radius 1 is 0.580 bits per heavy atom. The molecule has 8 amide bonds. The van der Waals surface area contributed by atoms with Crippen molar-refractivity contribution in [3.05, 3.63) is 48.0 Å². The number of phenols is 1. The second-order valence-corrected chi connectivity index (χ2v) is 17.8. The second kappa shape index (κ2) is 28.6. The highest BCUT2D eigenvalue weighted by molar-refractivity contribution is 5.98. The number of aromatic amines is 1. The summed E-state index contributed by atoms with van der Waals surface area (Å²) in [4.78, 5) is 126. The Balaban J connectivity index is 2.30. The van der Waals surface area contributed by atoms with Crippen molar-refractivity contribution in [1.82, 2.24) is 52.5 Å². The lowest BCUT2D eigenvalue weighted by Gasteiger charge is -2.30. The summed E-state index contributed by atoms with van der Waals surface area (Å²) in [6.45, 7) is 10.8. The lowest BCUT2D eigenvalue weighted by atomic mass is 9.96. The number of carbonyl (C=O) groups is 9. The highest BCUT2D eigenvalue weighted by Crippen LogP contribution is 2.14. The molecule has 0 radical (unpaired) electrons. The number of carboxylic acids is 1. The monoisotopic (exact) mass is 975 g/mol.